The number of para-hydroxylation sites is 1. The Morgan fingerprint density at radius 1 is 0.935 bits per heavy atom. The lowest BCUT2D eigenvalue weighted by Gasteiger charge is -2.34. The molecule has 1 aliphatic heterocycles. The van der Waals surface area contributed by atoms with E-state index in [1.54, 1.807) is 0 Å². The lowest BCUT2D eigenvalue weighted by molar-refractivity contribution is -0.117. The normalized spacial score (nSPS) is 14.9. The number of amides is 1. The van der Waals surface area contributed by atoms with E-state index in [1.165, 1.54) is 21.8 Å². The Bertz CT molecular complexity index is 1210. The Labute approximate surface area is 182 Å². The number of nitrogens with one attached hydrogen (secondary N) is 1. The van der Waals surface area contributed by atoms with Crippen LogP contribution in [0.15, 0.2) is 66.9 Å². The van der Waals surface area contributed by atoms with E-state index in [4.69, 9.17) is 0 Å². The van der Waals surface area contributed by atoms with Gasteiger partial charge in [-0.15, -0.1) is 0 Å². The first-order valence-electron chi connectivity index (χ1n) is 10.9. The van der Waals surface area contributed by atoms with E-state index in [0.717, 1.165) is 44.2 Å². The van der Waals surface area contributed by atoms with Gasteiger partial charge in [0.1, 0.15) is 5.82 Å². The van der Waals surface area contributed by atoms with Crippen molar-refractivity contribution in [1.29, 1.82) is 0 Å². The highest BCUT2D eigenvalue weighted by molar-refractivity contribution is 6.09. The lowest BCUT2D eigenvalue weighted by atomic mass is 10.1. The fourth-order valence-corrected chi connectivity index (χ4v) is 4.55. The second kappa shape index (κ2) is 8.40. The summed E-state index contributed by atoms with van der Waals surface area (Å²) in [7, 11) is 0. The third-order valence-corrected chi connectivity index (χ3v) is 6.09. The number of hydrogen-bond donors (Lipinski definition) is 1. The highest BCUT2D eigenvalue weighted by Crippen LogP contribution is 2.31. The minimum atomic E-state index is 0.0323. The summed E-state index contributed by atoms with van der Waals surface area (Å²) in [5, 5.41) is 5.50. The van der Waals surface area contributed by atoms with Crippen molar-refractivity contribution in [3.63, 3.8) is 0 Å². The van der Waals surface area contributed by atoms with Crippen molar-refractivity contribution < 1.29 is 4.79 Å². The molecule has 2 aromatic carbocycles. The number of carbonyl (C=O) groups is 1. The summed E-state index contributed by atoms with van der Waals surface area (Å²) < 4.78 is 2.32. The van der Waals surface area contributed by atoms with Gasteiger partial charge >= 0.3 is 0 Å². The number of carbonyl (C=O) groups excluding carboxylic acids is 1. The van der Waals surface area contributed by atoms with E-state index >= 15 is 0 Å². The van der Waals surface area contributed by atoms with Gasteiger partial charge < -0.3 is 14.8 Å². The Kier molecular flexibility index (Phi) is 5.30. The molecule has 5 rings (SSSR count). The molecule has 2 aromatic heterocycles. The molecule has 0 unspecified atom stereocenters. The van der Waals surface area contributed by atoms with Gasteiger partial charge in [-0.3, -0.25) is 9.69 Å². The molecule has 1 N–H and O–H groups in total. The fourth-order valence-electron chi connectivity index (χ4n) is 4.55. The van der Waals surface area contributed by atoms with Crippen molar-refractivity contribution in [2.24, 2.45) is 0 Å². The number of anilines is 2. The van der Waals surface area contributed by atoms with Gasteiger partial charge in [-0.05, 0) is 43.3 Å². The zero-order valence-corrected chi connectivity index (χ0v) is 17.8. The van der Waals surface area contributed by atoms with E-state index in [2.05, 4.69) is 68.0 Å². The second-order valence-electron chi connectivity index (χ2n) is 7.99. The molecule has 6 heteroatoms. The number of aromatic nitrogens is 2. The molecule has 0 atom stereocenters. The van der Waals surface area contributed by atoms with E-state index in [1.807, 2.05) is 30.5 Å². The van der Waals surface area contributed by atoms with Crippen LogP contribution < -0.4 is 10.2 Å². The predicted octanol–water partition coefficient (Wildman–Crippen LogP) is 3.97. The van der Waals surface area contributed by atoms with Crippen LogP contribution in [-0.4, -0.2) is 53.1 Å². The first-order chi connectivity index (χ1) is 15.2. The Hall–Kier alpha value is -3.38. The summed E-state index contributed by atoms with van der Waals surface area (Å²) >= 11 is 0. The van der Waals surface area contributed by atoms with Gasteiger partial charge in [-0.2, -0.15) is 0 Å². The molecule has 3 heterocycles. The standard InChI is InChI=1S/C25H27N5O/c1-2-30-22-8-4-3-7-20(22)21-17-19(10-11-23(21)30)27-25(31)18-28-13-15-29(16-14-28)24-9-5-6-12-26-24/h3-12,17H,2,13-16,18H2,1H3,(H,27,31). The maximum absolute atomic E-state index is 12.7. The second-order valence-corrected chi connectivity index (χ2v) is 7.99. The monoisotopic (exact) mass is 413 g/mol. The van der Waals surface area contributed by atoms with Crippen LogP contribution >= 0.6 is 0 Å². The van der Waals surface area contributed by atoms with Gasteiger partial charge in [0.25, 0.3) is 0 Å². The average molecular weight is 414 g/mol. The van der Waals surface area contributed by atoms with E-state index < -0.39 is 0 Å². The topological polar surface area (TPSA) is 53.4 Å². The molecule has 1 amide bonds. The SMILES string of the molecule is CCn1c2ccccc2c2cc(NC(=O)CN3CCN(c4ccccn4)CC3)ccc21. The molecule has 1 fully saturated rings. The van der Waals surface area contributed by atoms with Crippen LogP contribution in [0.3, 0.4) is 0 Å². The van der Waals surface area contributed by atoms with Crippen molar-refractivity contribution >= 4 is 39.2 Å². The van der Waals surface area contributed by atoms with Gasteiger partial charge in [0.2, 0.25) is 5.91 Å². The van der Waals surface area contributed by atoms with Crippen molar-refractivity contribution in [2.75, 3.05) is 42.9 Å². The summed E-state index contributed by atoms with van der Waals surface area (Å²) in [4.78, 5) is 21.6. The van der Waals surface area contributed by atoms with Gasteiger partial charge in [-0.25, -0.2) is 4.98 Å². The Morgan fingerprint density at radius 2 is 1.71 bits per heavy atom. The van der Waals surface area contributed by atoms with Gasteiger partial charge in [0.05, 0.1) is 6.54 Å². The average Bonchev–Trinajstić information content (AvgIpc) is 3.13. The Morgan fingerprint density at radius 3 is 2.48 bits per heavy atom. The van der Waals surface area contributed by atoms with Gasteiger partial charge in [-0.1, -0.05) is 24.3 Å². The molecule has 0 spiro atoms. The van der Waals surface area contributed by atoms with Crippen LogP contribution in [-0.2, 0) is 11.3 Å². The molecule has 0 aliphatic carbocycles. The third-order valence-electron chi connectivity index (χ3n) is 6.09. The third kappa shape index (κ3) is 3.86. The van der Waals surface area contributed by atoms with Gasteiger partial charge in [0.15, 0.2) is 0 Å². The molecular weight excluding hydrogens is 386 g/mol. The molecule has 1 saturated heterocycles. The summed E-state index contributed by atoms with van der Waals surface area (Å²) in [5.41, 5.74) is 3.28. The van der Waals surface area contributed by atoms with Gasteiger partial charge in [0, 0.05) is 66.4 Å². The number of hydrogen-bond acceptors (Lipinski definition) is 4. The lowest BCUT2D eigenvalue weighted by Crippen LogP contribution is -2.48. The highest BCUT2D eigenvalue weighted by atomic mass is 16.2. The number of pyridine rings is 1. The Balaban J connectivity index is 1.25. The van der Waals surface area contributed by atoms with Crippen LogP contribution in [0.4, 0.5) is 11.5 Å². The first kappa shape index (κ1) is 19.6. The maximum Gasteiger partial charge on any atom is 0.238 e. The molecule has 0 radical (unpaired) electrons. The molecule has 31 heavy (non-hydrogen) atoms. The van der Waals surface area contributed by atoms with E-state index in [-0.39, 0.29) is 5.91 Å². The summed E-state index contributed by atoms with van der Waals surface area (Å²) in [6.45, 7) is 6.96. The number of rotatable bonds is 5. The van der Waals surface area contributed by atoms with Crippen molar-refractivity contribution in [1.82, 2.24) is 14.5 Å². The van der Waals surface area contributed by atoms with E-state index in [0.29, 0.717) is 6.54 Å². The zero-order chi connectivity index (χ0) is 21.2. The highest BCUT2D eigenvalue weighted by Gasteiger charge is 2.20. The van der Waals surface area contributed by atoms with Crippen molar-refractivity contribution in [2.45, 2.75) is 13.5 Å². The van der Waals surface area contributed by atoms with Crippen molar-refractivity contribution in [3.05, 3.63) is 66.9 Å². The minimum absolute atomic E-state index is 0.0323. The van der Waals surface area contributed by atoms with Crippen LogP contribution in [0.1, 0.15) is 6.92 Å². The molecule has 0 saturated carbocycles. The quantitative estimate of drug-likeness (QED) is 0.538. The van der Waals surface area contributed by atoms with Crippen molar-refractivity contribution in [3.8, 4) is 0 Å². The summed E-state index contributed by atoms with van der Waals surface area (Å²) in [6.07, 6.45) is 1.82. The maximum atomic E-state index is 12.7. The molecule has 1 aliphatic rings. The zero-order valence-electron chi connectivity index (χ0n) is 17.8. The van der Waals surface area contributed by atoms with Crippen LogP contribution in [0.2, 0.25) is 0 Å². The number of piperazine rings is 1. The number of fused-ring (bicyclic) bond motifs is 3. The summed E-state index contributed by atoms with van der Waals surface area (Å²) in [5.74, 6) is 1.04. The minimum Gasteiger partial charge on any atom is -0.354 e. The largest absolute Gasteiger partial charge is 0.354 e. The molecule has 158 valence electrons. The van der Waals surface area contributed by atoms with E-state index in [9.17, 15) is 4.79 Å². The molecule has 4 aromatic rings. The predicted molar refractivity (Wildman–Crippen MR) is 127 cm³/mol. The first-order valence-corrected chi connectivity index (χ1v) is 10.9. The number of nitrogens with zero attached hydrogens (tertiary/aromatic N) is 4. The molecule has 6 nitrogen and oxygen atoms in total. The summed E-state index contributed by atoms with van der Waals surface area (Å²) in [6, 6.07) is 20.6. The van der Waals surface area contributed by atoms with Crippen LogP contribution in [0, 0.1) is 0 Å². The van der Waals surface area contributed by atoms with Crippen LogP contribution in [0.5, 0.6) is 0 Å². The molecule has 0 bridgehead atoms. The molecular formula is C25H27N5O. The van der Waals surface area contributed by atoms with Crippen LogP contribution in [0.25, 0.3) is 21.8 Å². The number of aryl methyl sites for hydroxylation is 1. The number of benzene rings is 2. The fraction of sp³-hybridized carbons (Fsp3) is 0.280. The smallest absolute Gasteiger partial charge is 0.238 e.